The van der Waals surface area contributed by atoms with Crippen LogP contribution in [0.4, 0.5) is 0 Å². The first-order chi connectivity index (χ1) is 9.26. The Bertz CT molecular complexity index is 365. The highest BCUT2D eigenvalue weighted by Gasteiger charge is 2.04. The molecule has 0 aliphatic heterocycles. The molecule has 0 spiro atoms. The van der Waals surface area contributed by atoms with Gasteiger partial charge in [0.15, 0.2) is 5.96 Å². The Morgan fingerprint density at radius 1 is 1.20 bits per heavy atom. The predicted octanol–water partition coefficient (Wildman–Crippen LogP) is 3.94. The highest BCUT2D eigenvalue weighted by atomic mass is 127. The normalized spacial score (nSPS) is 12.4. The van der Waals surface area contributed by atoms with Gasteiger partial charge in [0.1, 0.15) is 0 Å². The first-order valence-corrected chi connectivity index (χ1v) is 7.27. The lowest BCUT2D eigenvalue weighted by Crippen LogP contribution is -2.41. The van der Waals surface area contributed by atoms with E-state index in [0.29, 0.717) is 6.04 Å². The van der Waals surface area contributed by atoms with E-state index in [2.05, 4.69) is 53.7 Å². The van der Waals surface area contributed by atoms with Gasteiger partial charge in [0, 0.05) is 19.6 Å². The van der Waals surface area contributed by atoms with Crippen molar-refractivity contribution in [1.29, 1.82) is 0 Å². The topological polar surface area (TPSA) is 36.4 Å². The van der Waals surface area contributed by atoms with Crippen LogP contribution in [-0.2, 0) is 6.54 Å². The van der Waals surface area contributed by atoms with Crippen LogP contribution in [0.2, 0.25) is 0 Å². The number of hydrogen-bond acceptors (Lipinski definition) is 1. The number of halogens is 1. The third kappa shape index (κ3) is 8.40. The summed E-state index contributed by atoms with van der Waals surface area (Å²) in [5, 5.41) is 6.78. The van der Waals surface area contributed by atoms with E-state index >= 15 is 0 Å². The van der Waals surface area contributed by atoms with E-state index in [4.69, 9.17) is 0 Å². The van der Waals surface area contributed by atoms with Crippen LogP contribution < -0.4 is 10.6 Å². The van der Waals surface area contributed by atoms with E-state index in [-0.39, 0.29) is 24.0 Å². The highest BCUT2D eigenvalue weighted by Crippen LogP contribution is 2.03. The number of guanidine groups is 1. The van der Waals surface area contributed by atoms with Gasteiger partial charge in [0.2, 0.25) is 0 Å². The molecule has 0 aromatic heterocycles. The Morgan fingerprint density at radius 2 is 1.90 bits per heavy atom. The number of aliphatic imine (C=N–C) groups is 1. The SMILES string of the molecule is CCCCCC(C)NC(=NC)NCc1ccccc1.I. The van der Waals surface area contributed by atoms with Crippen LogP contribution >= 0.6 is 24.0 Å². The number of unbranched alkanes of at least 4 members (excludes halogenated alkanes) is 2. The molecule has 0 bridgehead atoms. The molecule has 114 valence electrons. The molecule has 2 N–H and O–H groups in total. The first kappa shape index (κ1) is 19.2. The number of hydrogen-bond donors (Lipinski definition) is 2. The summed E-state index contributed by atoms with van der Waals surface area (Å²) >= 11 is 0. The van der Waals surface area contributed by atoms with E-state index < -0.39 is 0 Å². The maximum absolute atomic E-state index is 4.27. The minimum absolute atomic E-state index is 0. The van der Waals surface area contributed by atoms with Crippen LogP contribution in [0.1, 0.15) is 45.1 Å². The molecule has 1 rings (SSSR count). The van der Waals surface area contributed by atoms with Crippen molar-refractivity contribution in [2.75, 3.05) is 7.05 Å². The van der Waals surface area contributed by atoms with Crippen LogP contribution in [0.15, 0.2) is 35.3 Å². The summed E-state index contributed by atoms with van der Waals surface area (Å²) in [5.41, 5.74) is 1.27. The van der Waals surface area contributed by atoms with Gasteiger partial charge in [0.05, 0.1) is 0 Å². The van der Waals surface area contributed by atoms with Crippen LogP contribution in [0.5, 0.6) is 0 Å². The molecule has 0 fully saturated rings. The molecule has 20 heavy (non-hydrogen) atoms. The quantitative estimate of drug-likeness (QED) is 0.321. The molecule has 1 aromatic rings. The van der Waals surface area contributed by atoms with E-state index in [1.807, 2.05) is 13.1 Å². The summed E-state index contributed by atoms with van der Waals surface area (Å²) in [4.78, 5) is 4.27. The number of nitrogens with one attached hydrogen (secondary N) is 2. The van der Waals surface area contributed by atoms with Crippen molar-refractivity contribution in [3.05, 3.63) is 35.9 Å². The molecule has 0 heterocycles. The molecular weight excluding hydrogens is 361 g/mol. The molecule has 0 radical (unpaired) electrons. The number of benzene rings is 1. The van der Waals surface area contributed by atoms with Crippen molar-refractivity contribution < 1.29 is 0 Å². The lowest BCUT2D eigenvalue weighted by Gasteiger charge is -2.17. The van der Waals surface area contributed by atoms with Gasteiger partial charge in [0.25, 0.3) is 0 Å². The standard InChI is InChI=1S/C16H27N3.HI/c1-4-5-7-10-14(2)19-16(17-3)18-13-15-11-8-6-9-12-15;/h6,8-9,11-12,14H,4-5,7,10,13H2,1-3H3,(H2,17,18,19);1H. The maximum atomic E-state index is 4.27. The predicted molar refractivity (Wildman–Crippen MR) is 98.8 cm³/mol. The average Bonchev–Trinajstić information content (AvgIpc) is 2.45. The van der Waals surface area contributed by atoms with Crippen LogP contribution in [-0.4, -0.2) is 19.0 Å². The second-order valence-electron chi connectivity index (χ2n) is 4.95. The fourth-order valence-corrected chi connectivity index (χ4v) is 1.98. The van der Waals surface area contributed by atoms with E-state index in [9.17, 15) is 0 Å². The monoisotopic (exact) mass is 389 g/mol. The van der Waals surface area contributed by atoms with E-state index in [0.717, 1.165) is 12.5 Å². The number of rotatable bonds is 7. The van der Waals surface area contributed by atoms with Crippen molar-refractivity contribution in [3.63, 3.8) is 0 Å². The molecule has 0 amide bonds. The lowest BCUT2D eigenvalue weighted by molar-refractivity contribution is 0.546. The molecule has 1 unspecified atom stereocenters. The maximum Gasteiger partial charge on any atom is 0.191 e. The van der Waals surface area contributed by atoms with Crippen molar-refractivity contribution >= 4 is 29.9 Å². The third-order valence-corrected chi connectivity index (χ3v) is 3.15. The van der Waals surface area contributed by atoms with Gasteiger partial charge in [-0.25, -0.2) is 0 Å². The summed E-state index contributed by atoms with van der Waals surface area (Å²) < 4.78 is 0. The summed E-state index contributed by atoms with van der Waals surface area (Å²) in [6, 6.07) is 10.8. The smallest absolute Gasteiger partial charge is 0.191 e. The molecule has 1 aromatic carbocycles. The van der Waals surface area contributed by atoms with Crippen molar-refractivity contribution in [2.24, 2.45) is 4.99 Å². The molecule has 0 aliphatic carbocycles. The zero-order valence-electron chi connectivity index (χ0n) is 12.9. The zero-order valence-corrected chi connectivity index (χ0v) is 15.2. The van der Waals surface area contributed by atoms with Crippen molar-refractivity contribution in [3.8, 4) is 0 Å². The van der Waals surface area contributed by atoms with Gasteiger partial charge in [-0.2, -0.15) is 0 Å². The number of nitrogens with zero attached hydrogens (tertiary/aromatic N) is 1. The highest BCUT2D eigenvalue weighted by molar-refractivity contribution is 14.0. The van der Waals surface area contributed by atoms with Gasteiger partial charge in [-0.3, -0.25) is 4.99 Å². The van der Waals surface area contributed by atoms with Gasteiger partial charge in [-0.05, 0) is 18.9 Å². The Morgan fingerprint density at radius 3 is 2.50 bits per heavy atom. The van der Waals surface area contributed by atoms with E-state index in [1.165, 1.54) is 31.2 Å². The van der Waals surface area contributed by atoms with Crippen molar-refractivity contribution in [2.45, 2.75) is 52.1 Å². The Kier molecular flexibility index (Phi) is 11.5. The third-order valence-electron chi connectivity index (χ3n) is 3.15. The van der Waals surface area contributed by atoms with Gasteiger partial charge in [-0.15, -0.1) is 24.0 Å². The van der Waals surface area contributed by atoms with Crippen LogP contribution in [0, 0.1) is 0 Å². The average molecular weight is 389 g/mol. The molecule has 1 atom stereocenters. The second kappa shape index (κ2) is 12.0. The first-order valence-electron chi connectivity index (χ1n) is 7.27. The minimum Gasteiger partial charge on any atom is -0.354 e. The summed E-state index contributed by atoms with van der Waals surface area (Å²) in [5.74, 6) is 0.882. The Labute approximate surface area is 140 Å². The fraction of sp³-hybridized carbons (Fsp3) is 0.562. The molecular formula is C16H28IN3. The molecule has 0 saturated heterocycles. The van der Waals surface area contributed by atoms with Crippen LogP contribution in [0.25, 0.3) is 0 Å². The fourth-order valence-electron chi connectivity index (χ4n) is 1.98. The second-order valence-corrected chi connectivity index (χ2v) is 4.95. The summed E-state index contributed by atoms with van der Waals surface area (Å²) in [6.07, 6.45) is 5.05. The Hall–Kier alpha value is -0.780. The van der Waals surface area contributed by atoms with Gasteiger partial charge in [-0.1, -0.05) is 56.5 Å². The van der Waals surface area contributed by atoms with Crippen LogP contribution in [0.3, 0.4) is 0 Å². The Balaban J connectivity index is 0.00000361. The summed E-state index contributed by atoms with van der Waals surface area (Å²) in [6.45, 7) is 5.26. The molecule has 0 saturated carbocycles. The molecule has 4 heteroatoms. The minimum atomic E-state index is 0. The lowest BCUT2D eigenvalue weighted by atomic mass is 10.1. The van der Waals surface area contributed by atoms with Gasteiger partial charge >= 0.3 is 0 Å². The molecule has 3 nitrogen and oxygen atoms in total. The largest absolute Gasteiger partial charge is 0.354 e. The van der Waals surface area contributed by atoms with Crippen molar-refractivity contribution in [1.82, 2.24) is 10.6 Å². The van der Waals surface area contributed by atoms with Gasteiger partial charge < -0.3 is 10.6 Å². The zero-order chi connectivity index (χ0) is 13.9. The van der Waals surface area contributed by atoms with E-state index in [1.54, 1.807) is 0 Å². The molecule has 0 aliphatic rings. The summed E-state index contributed by atoms with van der Waals surface area (Å²) in [7, 11) is 1.82.